The number of nitrogens with zero attached hydrogens (tertiary/aromatic N) is 5. The molecule has 0 saturated heterocycles. The summed E-state index contributed by atoms with van der Waals surface area (Å²) in [4.78, 5) is 13.3. The van der Waals surface area contributed by atoms with Crippen LogP contribution in [-0.4, -0.2) is 24.7 Å². The van der Waals surface area contributed by atoms with Crippen LogP contribution >= 0.6 is 11.6 Å². The zero-order chi connectivity index (χ0) is 18.1. The molecular weight excluding hydrogens is 350 g/mol. The van der Waals surface area contributed by atoms with Crippen LogP contribution in [0.4, 0.5) is 11.8 Å². The first-order valence-electron chi connectivity index (χ1n) is 8.01. The molecule has 0 unspecified atom stereocenters. The molecule has 130 valence electrons. The van der Waals surface area contributed by atoms with Gasteiger partial charge in [-0.3, -0.25) is 9.67 Å². The predicted molar refractivity (Wildman–Crippen MR) is 103 cm³/mol. The molecule has 3 heterocycles. The van der Waals surface area contributed by atoms with Gasteiger partial charge in [0.2, 0.25) is 5.95 Å². The van der Waals surface area contributed by atoms with Crippen molar-refractivity contribution in [3.8, 4) is 11.3 Å². The van der Waals surface area contributed by atoms with E-state index in [1.165, 1.54) is 0 Å². The van der Waals surface area contributed by atoms with Crippen molar-refractivity contribution >= 4 is 34.4 Å². The predicted octanol–water partition coefficient (Wildman–Crippen LogP) is 3.27. The molecule has 0 spiro atoms. The Morgan fingerprint density at radius 3 is 2.69 bits per heavy atom. The summed E-state index contributed by atoms with van der Waals surface area (Å²) in [5.41, 5.74) is 9.37. The first-order chi connectivity index (χ1) is 12.6. The second kappa shape index (κ2) is 6.61. The number of benzene rings is 1. The summed E-state index contributed by atoms with van der Waals surface area (Å²) in [5, 5.41) is 9.00. The van der Waals surface area contributed by atoms with Gasteiger partial charge in [-0.2, -0.15) is 10.1 Å². The summed E-state index contributed by atoms with van der Waals surface area (Å²) in [7, 11) is 1.78. The number of hydrogen-bond donors (Lipinski definition) is 2. The van der Waals surface area contributed by atoms with Crippen molar-refractivity contribution in [2.75, 3.05) is 11.1 Å². The molecule has 0 amide bonds. The van der Waals surface area contributed by atoms with Crippen LogP contribution in [0.25, 0.3) is 22.3 Å². The third-order valence-electron chi connectivity index (χ3n) is 4.03. The van der Waals surface area contributed by atoms with E-state index in [0.717, 1.165) is 16.5 Å². The first kappa shape index (κ1) is 16.3. The van der Waals surface area contributed by atoms with Crippen LogP contribution < -0.4 is 11.1 Å². The maximum absolute atomic E-state index is 6.19. The fourth-order valence-electron chi connectivity index (χ4n) is 2.69. The Bertz CT molecular complexity index is 1060. The first-order valence-corrected chi connectivity index (χ1v) is 8.38. The van der Waals surface area contributed by atoms with Gasteiger partial charge >= 0.3 is 0 Å². The Morgan fingerprint density at radius 1 is 1.15 bits per heavy atom. The number of pyridine rings is 1. The number of nitrogens with two attached hydrogens (primary N) is 1. The molecule has 3 aromatic heterocycles. The summed E-state index contributed by atoms with van der Waals surface area (Å²) < 4.78 is 1.60. The molecule has 0 bridgehead atoms. The van der Waals surface area contributed by atoms with E-state index < -0.39 is 0 Å². The lowest BCUT2D eigenvalue weighted by Gasteiger charge is -2.08. The van der Waals surface area contributed by atoms with Gasteiger partial charge in [0.1, 0.15) is 5.82 Å². The van der Waals surface area contributed by atoms with Gasteiger partial charge < -0.3 is 11.1 Å². The lowest BCUT2D eigenvalue weighted by Crippen LogP contribution is -2.05. The second-order valence-corrected chi connectivity index (χ2v) is 6.26. The number of aromatic nitrogens is 5. The Balaban J connectivity index is 1.79. The van der Waals surface area contributed by atoms with E-state index in [0.29, 0.717) is 34.7 Å². The third-order valence-corrected chi connectivity index (χ3v) is 4.28. The largest absolute Gasteiger partial charge is 0.383 e. The monoisotopic (exact) mass is 365 g/mol. The van der Waals surface area contributed by atoms with Crippen molar-refractivity contribution in [3.63, 3.8) is 0 Å². The van der Waals surface area contributed by atoms with Crippen molar-refractivity contribution in [2.24, 2.45) is 7.05 Å². The molecule has 0 radical (unpaired) electrons. The van der Waals surface area contributed by atoms with E-state index in [4.69, 9.17) is 17.3 Å². The highest BCUT2D eigenvalue weighted by Gasteiger charge is 2.17. The van der Waals surface area contributed by atoms with Crippen LogP contribution in [0.15, 0.2) is 48.8 Å². The van der Waals surface area contributed by atoms with E-state index >= 15 is 0 Å². The van der Waals surface area contributed by atoms with Crippen LogP contribution in [0.3, 0.4) is 0 Å². The highest BCUT2D eigenvalue weighted by molar-refractivity contribution is 6.30. The molecule has 0 aliphatic carbocycles. The van der Waals surface area contributed by atoms with Gasteiger partial charge in [0.15, 0.2) is 5.65 Å². The summed E-state index contributed by atoms with van der Waals surface area (Å²) in [6, 6.07) is 11.3. The van der Waals surface area contributed by atoms with Crippen molar-refractivity contribution < 1.29 is 0 Å². The van der Waals surface area contributed by atoms with E-state index in [9.17, 15) is 0 Å². The summed E-state index contributed by atoms with van der Waals surface area (Å²) in [6.45, 7) is 0.557. The van der Waals surface area contributed by atoms with Gasteiger partial charge in [-0.05, 0) is 23.8 Å². The quantitative estimate of drug-likeness (QED) is 0.576. The molecule has 1 aromatic carbocycles. The number of fused-ring (bicyclic) bond motifs is 1. The average molecular weight is 366 g/mol. The van der Waals surface area contributed by atoms with Gasteiger partial charge in [0.25, 0.3) is 0 Å². The average Bonchev–Trinajstić information content (AvgIpc) is 2.95. The van der Waals surface area contributed by atoms with Crippen LogP contribution in [0, 0.1) is 0 Å². The zero-order valence-corrected chi connectivity index (χ0v) is 14.8. The van der Waals surface area contributed by atoms with Crippen LogP contribution in [0.2, 0.25) is 5.02 Å². The molecule has 26 heavy (non-hydrogen) atoms. The normalized spacial score (nSPS) is 11.0. The third kappa shape index (κ3) is 3.04. The summed E-state index contributed by atoms with van der Waals surface area (Å²) >= 11 is 6.01. The van der Waals surface area contributed by atoms with E-state index in [1.54, 1.807) is 24.1 Å². The van der Waals surface area contributed by atoms with Crippen molar-refractivity contribution in [1.29, 1.82) is 0 Å². The second-order valence-electron chi connectivity index (χ2n) is 5.82. The van der Waals surface area contributed by atoms with Crippen LogP contribution in [-0.2, 0) is 13.6 Å². The SMILES string of the molecule is Cn1nc2nc(NCc3cccnc3)nc(-c3ccc(Cl)cc3)c2c1N. The Hall–Kier alpha value is -3.19. The Morgan fingerprint density at radius 2 is 1.96 bits per heavy atom. The van der Waals surface area contributed by atoms with Gasteiger partial charge in [-0.25, -0.2) is 4.98 Å². The van der Waals surface area contributed by atoms with Gasteiger partial charge in [0.05, 0.1) is 11.1 Å². The smallest absolute Gasteiger partial charge is 0.225 e. The molecule has 8 heteroatoms. The molecule has 3 N–H and O–H groups in total. The van der Waals surface area contributed by atoms with Gasteiger partial charge in [0, 0.05) is 36.6 Å². The fourth-order valence-corrected chi connectivity index (χ4v) is 2.82. The number of nitrogen functional groups attached to an aromatic ring is 1. The number of rotatable bonds is 4. The number of nitrogens with one attached hydrogen (secondary N) is 1. The van der Waals surface area contributed by atoms with E-state index in [-0.39, 0.29) is 0 Å². The molecule has 7 nitrogen and oxygen atoms in total. The molecule has 0 saturated carbocycles. The fraction of sp³-hybridized carbons (Fsp3) is 0.111. The Kier molecular flexibility index (Phi) is 4.14. The minimum Gasteiger partial charge on any atom is -0.383 e. The molecule has 4 aromatic rings. The topological polar surface area (TPSA) is 94.5 Å². The highest BCUT2D eigenvalue weighted by atomic mass is 35.5. The molecular formula is C18H16ClN7. The number of anilines is 2. The lowest BCUT2D eigenvalue weighted by molar-refractivity contribution is 0.787. The summed E-state index contributed by atoms with van der Waals surface area (Å²) in [5.74, 6) is 0.994. The molecule has 4 rings (SSSR count). The molecule has 0 fully saturated rings. The highest BCUT2D eigenvalue weighted by Crippen LogP contribution is 2.31. The number of hydrogen-bond acceptors (Lipinski definition) is 6. The standard InChI is InChI=1S/C18H16ClN7/c1-26-16(20)14-15(12-4-6-13(19)7-5-12)23-18(24-17(14)25-26)22-10-11-3-2-8-21-9-11/h2-9H,10,20H2,1H3,(H,22,24,25). The van der Waals surface area contributed by atoms with E-state index in [2.05, 4.69) is 25.4 Å². The van der Waals surface area contributed by atoms with E-state index in [1.807, 2.05) is 36.4 Å². The molecule has 0 aliphatic rings. The lowest BCUT2D eigenvalue weighted by atomic mass is 10.1. The summed E-state index contributed by atoms with van der Waals surface area (Å²) in [6.07, 6.45) is 3.53. The molecule has 0 aliphatic heterocycles. The van der Waals surface area contributed by atoms with Crippen molar-refractivity contribution in [1.82, 2.24) is 24.7 Å². The maximum atomic E-state index is 6.19. The Labute approximate surface area is 154 Å². The molecule has 0 atom stereocenters. The van der Waals surface area contributed by atoms with Crippen LogP contribution in [0.1, 0.15) is 5.56 Å². The van der Waals surface area contributed by atoms with Crippen molar-refractivity contribution in [3.05, 3.63) is 59.4 Å². The number of halogens is 1. The van der Waals surface area contributed by atoms with Crippen molar-refractivity contribution in [2.45, 2.75) is 6.54 Å². The minimum atomic E-state index is 0.476. The maximum Gasteiger partial charge on any atom is 0.225 e. The number of aryl methyl sites for hydroxylation is 1. The minimum absolute atomic E-state index is 0.476. The zero-order valence-electron chi connectivity index (χ0n) is 14.0. The van der Waals surface area contributed by atoms with Gasteiger partial charge in [-0.15, -0.1) is 0 Å². The van der Waals surface area contributed by atoms with Crippen LogP contribution in [0.5, 0.6) is 0 Å². The van der Waals surface area contributed by atoms with Gasteiger partial charge in [-0.1, -0.05) is 29.8 Å².